The van der Waals surface area contributed by atoms with Crippen molar-refractivity contribution >= 4 is 27.9 Å². The molecular formula is C28H27N5O3. The Morgan fingerprint density at radius 2 is 1.78 bits per heavy atom. The topological polar surface area (TPSA) is 127 Å². The molecule has 3 aromatic heterocycles. The van der Waals surface area contributed by atoms with Crippen LogP contribution in [0.5, 0.6) is 0 Å². The second-order valence-electron chi connectivity index (χ2n) is 8.94. The molecule has 5 aromatic rings. The largest absolute Gasteiger partial charge is 0.481 e. The van der Waals surface area contributed by atoms with Crippen LogP contribution in [-0.4, -0.2) is 30.6 Å². The number of carboxylic acid groups (broad SMARTS) is 1. The van der Waals surface area contributed by atoms with Gasteiger partial charge in [0.05, 0.1) is 29.0 Å². The Bertz CT molecular complexity index is 1650. The first-order valence-corrected chi connectivity index (χ1v) is 11.9. The van der Waals surface area contributed by atoms with E-state index in [1.54, 1.807) is 0 Å². The molecule has 36 heavy (non-hydrogen) atoms. The predicted octanol–water partition coefficient (Wildman–Crippen LogP) is 4.03. The Kier molecular flexibility index (Phi) is 6.35. The number of pyridine rings is 1. The number of carboxylic acids is 1. The number of nitrogens with two attached hydrogens (primary N) is 1. The van der Waals surface area contributed by atoms with E-state index < -0.39 is 5.97 Å². The van der Waals surface area contributed by atoms with E-state index in [4.69, 9.17) is 20.6 Å². The summed E-state index contributed by atoms with van der Waals surface area (Å²) < 4.78 is 2.13. The van der Waals surface area contributed by atoms with Gasteiger partial charge in [-0.15, -0.1) is 0 Å². The van der Waals surface area contributed by atoms with E-state index in [0.717, 1.165) is 65.1 Å². The lowest BCUT2D eigenvalue weighted by atomic mass is 10.1. The van der Waals surface area contributed by atoms with Gasteiger partial charge in [-0.3, -0.25) is 14.6 Å². The van der Waals surface area contributed by atoms with Crippen LogP contribution in [0.3, 0.4) is 0 Å². The number of aryl methyl sites for hydroxylation is 2. The number of para-hydroxylation sites is 1. The van der Waals surface area contributed by atoms with Crippen molar-refractivity contribution in [3.63, 3.8) is 0 Å². The number of hydrogen-bond donors (Lipinski definition) is 3. The molecule has 0 aliphatic heterocycles. The van der Waals surface area contributed by atoms with Gasteiger partial charge in [0.15, 0.2) is 0 Å². The predicted molar refractivity (Wildman–Crippen MR) is 140 cm³/mol. The van der Waals surface area contributed by atoms with E-state index in [1.807, 2.05) is 42.6 Å². The fourth-order valence-electron chi connectivity index (χ4n) is 4.81. The number of benzene rings is 2. The van der Waals surface area contributed by atoms with Gasteiger partial charge >= 0.3 is 0 Å². The average Bonchev–Trinajstić information content (AvgIpc) is 3.46. The number of aliphatic carboxylic acids is 1. The standard InChI is InChI=1S/C26H23N5O.C2H4O2/c27-13-18-7-4-8-19(28-18)14-31-15-21(20-9-1-2-10-24(20)31)25-26(32)30-23-12-17-6-3-5-16(17)11-22(23)29-25;1-2(3)4/h1-2,4,7-12,15H,3,5-6,13-14,27H2,(H,30,32);1H3,(H,3,4). The molecule has 1 aliphatic carbocycles. The van der Waals surface area contributed by atoms with Crippen molar-refractivity contribution in [2.24, 2.45) is 5.73 Å². The summed E-state index contributed by atoms with van der Waals surface area (Å²) in [5.74, 6) is -0.833. The van der Waals surface area contributed by atoms with Gasteiger partial charge in [0.25, 0.3) is 11.5 Å². The van der Waals surface area contributed by atoms with Gasteiger partial charge in [-0.25, -0.2) is 4.98 Å². The number of aromatic amines is 1. The first-order valence-electron chi connectivity index (χ1n) is 11.9. The average molecular weight is 482 g/mol. The Hall–Kier alpha value is -4.30. The summed E-state index contributed by atoms with van der Waals surface area (Å²) in [6.45, 7) is 2.08. The zero-order valence-electron chi connectivity index (χ0n) is 20.0. The molecule has 0 spiro atoms. The number of nitrogens with one attached hydrogen (secondary N) is 1. The summed E-state index contributed by atoms with van der Waals surface area (Å²) in [7, 11) is 0. The Balaban J connectivity index is 0.000000623. The van der Waals surface area contributed by atoms with E-state index in [-0.39, 0.29) is 5.56 Å². The summed E-state index contributed by atoms with van der Waals surface area (Å²) in [5.41, 5.74) is 14.0. The van der Waals surface area contributed by atoms with Crippen LogP contribution in [0.25, 0.3) is 33.2 Å². The fourth-order valence-corrected chi connectivity index (χ4v) is 4.81. The van der Waals surface area contributed by atoms with Crippen LogP contribution < -0.4 is 11.3 Å². The number of H-pyrrole nitrogens is 1. The van der Waals surface area contributed by atoms with Crippen molar-refractivity contribution in [2.75, 3.05) is 0 Å². The lowest BCUT2D eigenvalue weighted by Crippen LogP contribution is -2.11. The van der Waals surface area contributed by atoms with Gasteiger partial charge in [-0.2, -0.15) is 0 Å². The van der Waals surface area contributed by atoms with Crippen molar-refractivity contribution in [1.82, 2.24) is 19.5 Å². The van der Waals surface area contributed by atoms with E-state index in [1.165, 1.54) is 11.1 Å². The van der Waals surface area contributed by atoms with Gasteiger partial charge in [0.2, 0.25) is 0 Å². The highest BCUT2D eigenvalue weighted by Crippen LogP contribution is 2.30. The Morgan fingerprint density at radius 1 is 1.06 bits per heavy atom. The molecule has 2 aromatic carbocycles. The molecule has 0 saturated carbocycles. The quantitative estimate of drug-likeness (QED) is 0.356. The fraction of sp³-hybridized carbons (Fsp3) is 0.214. The van der Waals surface area contributed by atoms with Gasteiger partial charge in [-0.05, 0) is 60.7 Å². The monoisotopic (exact) mass is 481 g/mol. The van der Waals surface area contributed by atoms with Crippen LogP contribution in [0.2, 0.25) is 0 Å². The number of aromatic nitrogens is 4. The highest BCUT2D eigenvalue weighted by Gasteiger charge is 2.18. The highest BCUT2D eigenvalue weighted by atomic mass is 16.4. The van der Waals surface area contributed by atoms with Crippen LogP contribution >= 0.6 is 0 Å². The molecule has 0 radical (unpaired) electrons. The summed E-state index contributed by atoms with van der Waals surface area (Å²) in [5, 5.41) is 8.42. The third-order valence-corrected chi connectivity index (χ3v) is 6.36. The minimum Gasteiger partial charge on any atom is -0.481 e. The molecule has 182 valence electrons. The highest BCUT2D eigenvalue weighted by molar-refractivity contribution is 5.96. The van der Waals surface area contributed by atoms with Crippen LogP contribution in [0, 0.1) is 0 Å². The van der Waals surface area contributed by atoms with Crippen LogP contribution in [0.1, 0.15) is 35.9 Å². The number of nitrogens with zero attached hydrogens (tertiary/aromatic N) is 3. The van der Waals surface area contributed by atoms with E-state index >= 15 is 0 Å². The maximum absolute atomic E-state index is 13.1. The van der Waals surface area contributed by atoms with Crippen molar-refractivity contribution < 1.29 is 9.90 Å². The van der Waals surface area contributed by atoms with E-state index in [9.17, 15) is 4.79 Å². The van der Waals surface area contributed by atoms with Crippen LogP contribution in [-0.2, 0) is 30.7 Å². The van der Waals surface area contributed by atoms with Gasteiger partial charge in [0.1, 0.15) is 5.69 Å². The maximum Gasteiger partial charge on any atom is 0.300 e. The molecule has 0 saturated heterocycles. The molecule has 3 heterocycles. The number of hydrogen-bond acceptors (Lipinski definition) is 5. The molecule has 8 nitrogen and oxygen atoms in total. The minimum absolute atomic E-state index is 0.165. The van der Waals surface area contributed by atoms with Gasteiger partial charge in [-0.1, -0.05) is 24.3 Å². The number of carbonyl (C=O) groups is 1. The summed E-state index contributed by atoms with van der Waals surface area (Å²) in [6, 6.07) is 18.2. The van der Waals surface area contributed by atoms with Crippen LogP contribution in [0.15, 0.2) is 65.6 Å². The first-order chi connectivity index (χ1) is 17.4. The Labute approximate surface area is 207 Å². The van der Waals surface area contributed by atoms with E-state index in [2.05, 4.69) is 32.7 Å². The molecule has 0 unspecified atom stereocenters. The van der Waals surface area contributed by atoms with Gasteiger partial charge < -0.3 is 20.4 Å². The first kappa shape index (κ1) is 23.4. The smallest absolute Gasteiger partial charge is 0.300 e. The molecular weight excluding hydrogens is 454 g/mol. The zero-order valence-corrected chi connectivity index (χ0v) is 20.0. The normalized spacial score (nSPS) is 12.4. The van der Waals surface area contributed by atoms with Crippen molar-refractivity contribution in [1.29, 1.82) is 0 Å². The Morgan fingerprint density at radius 3 is 2.56 bits per heavy atom. The van der Waals surface area contributed by atoms with E-state index in [0.29, 0.717) is 18.8 Å². The van der Waals surface area contributed by atoms with Crippen molar-refractivity contribution in [3.05, 3.63) is 93.7 Å². The molecule has 1 aliphatic rings. The molecule has 0 fully saturated rings. The van der Waals surface area contributed by atoms with Gasteiger partial charge in [0, 0.05) is 36.1 Å². The summed E-state index contributed by atoms with van der Waals surface area (Å²) in [4.78, 5) is 34.6. The summed E-state index contributed by atoms with van der Waals surface area (Å²) in [6.07, 6.45) is 5.32. The molecule has 0 atom stereocenters. The number of fused-ring (bicyclic) bond motifs is 3. The number of rotatable bonds is 4. The molecule has 4 N–H and O–H groups in total. The summed E-state index contributed by atoms with van der Waals surface area (Å²) >= 11 is 0. The molecule has 6 rings (SSSR count). The van der Waals surface area contributed by atoms with Crippen LogP contribution in [0.4, 0.5) is 0 Å². The molecule has 0 bridgehead atoms. The third kappa shape index (κ3) is 4.63. The molecule has 0 amide bonds. The third-order valence-electron chi connectivity index (χ3n) is 6.36. The second kappa shape index (κ2) is 9.75. The maximum atomic E-state index is 13.1. The minimum atomic E-state index is -0.833. The molecule has 8 heteroatoms. The SMILES string of the molecule is CC(=O)O.NCc1cccc(Cn2cc(-c3nc4cc5c(cc4[nH]c3=O)CCC5)c3ccccc32)n1. The second-order valence-corrected chi connectivity index (χ2v) is 8.94. The van der Waals surface area contributed by atoms with Crippen molar-refractivity contribution in [3.8, 4) is 11.3 Å². The lowest BCUT2D eigenvalue weighted by molar-refractivity contribution is -0.134. The van der Waals surface area contributed by atoms with Crippen molar-refractivity contribution in [2.45, 2.75) is 39.3 Å². The lowest BCUT2D eigenvalue weighted by Gasteiger charge is -2.06. The zero-order chi connectivity index (χ0) is 25.2.